The molecule has 2 rings (SSSR count). The highest BCUT2D eigenvalue weighted by Gasteiger charge is 2.31. The fourth-order valence-electron chi connectivity index (χ4n) is 2.71. The maximum Gasteiger partial charge on any atom is 0.326 e. The summed E-state index contributed by atoms with van der Waals surface area (Å²) in [6.45, 7) is 2.76. The van der Waals surface area contributed by atoms with Crippen LogP contribution >= 0.6 is 0 Å². The summed E-state index contributed by atoms with van der Waals surface area (Å²) in [6.07, 6.45) is 1.80. The molecular formula is C16H22N2O3. The third-order valence-electron chi connectivity index (χ3n) is 4.04. The van der Waals surface area contributed by atoms with Gasteiger partial charge in [0, 0.05) is 6.04 Å². The summed E-state index contributed by atoms with van der Waals surface area (Å²) in [6, 6.07) is 8.98. The van der Waals surface area contributed by atoms with Gasteiger partial charge in [0.25, 0.3) is 0 Å². The number of carbonyl (C=O) groups excluding carboxylic acids is 1. The van der Waals surface area contributed by atoms with Crippen molar-refractivity contribution in [2.45, 2.75) is 38.3 Å². The number of nitrogens with one attached hydrogen (secondary N) is 2. The van der Waals surface area contributed by atoms with E-state index < -0.39 is 12.0 Å². The van der Waals surface area contributed by atoms with Gasteiger partial charge in [-0.3, -0.25) is 4.79 Å². The van der Waals surface area contributed by atoms with Crippen LogP contribution in [0.2, 0.25) is 0 Å². The molecule has 3 N–H and O–H groups in total. The largest absolute Gasteiger partial charge is 0.480 e. The van der Waals surface area contributed by atoms with Gasteiger partial charge in [0.1, 0.15) is 6.04 Å². The molecule has 1 heterocycles. The van der Waals surface area contributed by atoms with E-state index in [0.717, 1.165) is 18.5 Å². The van der Waals surface area contributed by atoms with Crippen LogP contribution in [0.1, 0.15) is 25.3 Å². The molecule has 21 heavy (non-hydrogen) atoms. The van der Waals surface area contributed by atoms with Crippen molar-refractivity contribution >= 4 is 11.9 Å². The lowest BCUT2D eigenvalue weighted by molar-refractivity contribution is -0.142. The highest BCUT2D eigenvalue weighted by molar-refractivity contribution is 5.85. The Balaban J connectivity index is 1.90. The van der Waals surface area contributed by atoms with Gasteiger partial charge < -0.3 is 15.7 Å². The molecule has 1 fully saturated rings. The Hall–Kier alpha value is -1.88. The molecule has 0 bridgehead atoms. The Morgan fingerprint density at radius 1 is 1.38 bits per heavy atom. The van der Waals surface area contributed by atoms with E-state index >= 15 is 0 Å². The fourth-order valence-corrected chi connectivity index (χ4v) is 2.71. The molecule has 0 radical (unpaired) electrons. The van der Waals surface area contributed by atoms with Gasteiger partial charge in [-0.1, -0.05) is 30.3 Å². The second-order valence-corrected chi connectivity index (χ2v) is 5.56. The van der Waals surface area contributed by atoms with Crippen LogP contribution < -0.4 is 10.6 Å². The fraction of sp³-hybridized carbons (Fsp3) is 0.500. The topological polar surface area (TPSA) is 78.4 Å². The summed E-state index contributed by atoms with van der Waals surface area (Å²) >= 11 is 0. The molecule has 1 aromatic rings. The highest BCUT2D eigenvalue weighted by Crippen LogP contribution is 2.16. The van der Waals surface area contributed by atoms with E-state index in [0.29, 0.717) is 12.8 Å². The normalized spacial score (nSPS) is 22.7. The number of carboxylic acids is 1. The Labute approximate surface area is 124 Å². The number of benzene rings is 1. The first-order valence-electron chi connectivity index (χ1n) is 7.38. The Bertz CT molecular complexity index is 490. The first-order chi connectivity index (χ1) is 10.1. The zero-order chi connectivity index (χ0) is 15.2. The number of hydrogen-bond donors (Lipinski definition) is 3. The summed E-state index contributed by atoms with van der Waals surface area (Å²) in [5.74, 6) is -1.27. The van der Waals surface area contributed by atoms with E-state index in [-0.39, 0.29) is 17.9 Å². The molecule has 3 atom stereocenters. The second-order valence-electron chi connectivity index (χ2n) is 5.56. The van der Waals surface area contributed by atoms with E-state index in [4.69, 9.17) is 0 Å². The molecule has 1 saturated heterocycles. The van der Waals surface area contributed by atoms with Crippen LogP contribution in [0.15, 0.2) is 30.3 Å². The number of carboxylic acid groups (broad SMARTS) is 1. The standard InChI is InChI=1S/C16H22N2O3/c1-11-13(9-10-17-11)15(19)18-14(16(20)21)8-7-12-5-3-2-4-6-12/h2-6,11,13-14,17H,7-10H2,1H3,(H,18,19)(H,20,21)/t11?,13?,14-/m0/s1. The molecule has 114 valence electrons. The molecule has 2 unspecified atom stereocenters. The lowest BCUT2D eigenvalue weighted by atomic mass is 9.99. The first kappa shape index (κ1) is 15.5. The number of carbonyl (C=O) groups is 2. The molecule has 0 aliphatic carbocycles. The molecule has 1 amide bonds. The van der Waals surface area contributed by atoms with Crippen LogP contribution in [0.25, 0.3) is 0 Å². The summed E-state index contributed by atoms with van der Waals surface area (Å²) in [7, 11) is 0. The first-order valence-corrected chi connectivity index (χ1v) is 7.38. The number of aryl methyl sites for hydroxylation is 1. The molecule has 0 saturated carbocycles. The van der Waals surface area contributed by atoms with E-state index in [9.17, 15) is 14.7 Å². The van der Waals surface area contributed by atoms with E-state index in [1.165, 1.54) is 0 Å². The van der Waals surface area contributed by atoms with Gasteiger partial charge in [-0.25, -0.2) is 4.79 Å². The summed E-state index contributed by atoms with van der Waals surface area (Å²) in [5, 5.41) is 15.2. The third kappa shape index (κ3) is 4.29. The van der Waals surface area contributed by atoms with Gasteiger partial charge in [0.2, 0.25) is 5.91 Å². The Morgan fingerprint density at radius 3 is 2.67 bits per heavy atom. The minimum atomic E-state index is -0.974. The van der Waals surface area contributed by atoms with Crippen molar-refractivity contribution in [1.82, 2.24) is 10.6 Å². The van der Waals surface area contributed by atoms with E-state index in [1.54, 1.807) is 0 Å². The molecular weight excluding hydrogens is 268 g/mol. The van der Waals surface area contributed by atoms with Crippen molar-refractivity contribution in [1.29, 1.82) is 0 Å². The molecule has 5 heteroatoms. The molecule has 1 aromatic carbocycles. The van der Waals surface area contributed by atoms with Gasteiger partial charge in [0.05, 0.1) is 5.92 Å². The van der Waals surface area contributed by atoms with Crippen molar-refractivity contribution in [3.05, 3.63) is 35.9 Å². The maximum atomic E-state index is 12.2. The minimum Gasteiger partial charge on any atom is -0.480 e. The lowest BCUT2D eigenvalue weighted by Crippen LogP contribution is -2.46. The molecule has 1 aliphatic heterocycles. The SMILES string of the molecule is CC1NCCC1C(=O)N[C@@H](CCc1ccccc1)C(=O)O. The number of amides is 1. The predicted molar refractivity (Wildman–Crippen MR) is 79.9 cm³/mol. The van der Waals surface area contributed by atoms with Crippen molar-refractivity contribution in [2.75, 3.05) is 6.54 Å². The zero-order valence-electron chi connectivity index (χ0n) is 12.2. The summed E-state index contributed by atoms with van der Waals surface area (Å²) < 4.78 is 0. The summed E-state index contributed by atoms with van der Waals surface area (Å²) in [4.78, 5) is 23.5. The van der Waals surface area contributed by atoms with Gasteiger partial charge in [-0.15, -0.1) is 0 Å². The molecule has 1 aliphatic rings. The number of rotatable bonds is 6. The monoisotopic (exact) mass is 290 g/mol. The summed E-state index contributed by atoms with van der Waals surface area (Å²) in [5.41, 5.74) is 1.08. The van der Waals surface area contributed by atoms with Crippen LogP contribution in [0.4, 0.5) is 0 Å². The zero-order valence-corrected chi connectivity index (χ0v) is 12.2. The van der Waals surface area contributed by atoms with Crippen molar-refractivity contribution in [3.8, 4) is 0 Å². The Kier molecular flexibility index (Phi) is 5.33. The van der Waals surface area contributed by atoms with Crippen LogP contribution in [0.3, 0.4) is 0 Å². The van der Waals surface area contributed by atoms with Crippen molar-refractivity contribution < 1.29 is 14.7 Å². The smallest absolute Gasteiger partial charge is 0.326 e. The van der Waals surface area contributed by atoms with Gasteiger partial charge in [-0.05, 0) is 38.3 Å². The van der Waals surface area contributed by atoms with Gasteiger partial charge in [-0.2, -0.15) is 0 Å². The number of aliphatic carboxylic acids is 1. The van der Waals surface area contributed by atoms with Gasteiger partial charge in [0.15, 0.2) is 0 Å². The predicted octanol–water partition coefficient (Wildman–Crippen LogP) is 1.19. The van der Waals surface area contributed by atoms with Crippen LogP contribution in [-0.4, -0.2) is 35.6 Å². The third-order valence-corrected chi connectivity index (χ3v) is 4.04. The van der Waals surface area contributed by atoms with E-state index in [2.05, 4.69) is 10.6 Å². The van der Waals surface area contributed by atoms with Crippen LogP contribution in [0, 0.1) is 5.92 Å². The van der Waals surface area contributed by atoms with Crippen molar-refractivity contribution in [3.63, 3.8) is 0 Å². The Morgan fingerprint density at radius 2 is 2.10 bits per heavy atom. The highest BCUT2D eigenvalue weighted by atomic mass is 16.4. The van der Waals surface area contributed by atoms with Crippen LogP contribution in [-0.2, 0) is 16.0 Å². The molecule has 5 nitrogen and oxygen atoms in total. The second kappa shape index (κ2) is 7.22. The average molecular weight is 290 g/mol. The molecule has 0 aromatic heterocycles. The quantitative estimate of drug-likeness (QED) is 0.735. The number of hydrogen-bond acceptors (Lipinski definition) is 3. The average Bonchev–Trinajstić information content (AvgIpc) is 2.90. The van der Waals surface area contributed by atoms with E-state index in [1.807, 2.05) is 37.3 Å². The lowest BCUT2D eigenvalue weighted by Gasteiger charge is -2.19. The van der Waals surface area contributed by atoms with Crippen molar-refractivity contribution in [2.24, 2.45) is 5.92 Å². The molecule has 0 spiro atoms. The van der Waals surface area contributed by atoms with Crippen LogP contribution in [0.5, 0.6) is 0 Å². The minimum absolute atomic E-state index is 0.105. The maximum absolute atomic E-state index is 12.2. The van der Waals surface area contributed by atoms with Gasteiger partial charge >= 0.3 is 5.97 Å².